The Morgan fingerprint density at radius 2 is 1.60 bits per heavy atom. The van der Waals surface area contributed by atoms with Crippen LogP contribution in [-0.4, -0.2) is 64.7 Å². The summed E-state index contributed by atoms with van der Waals surface area (Å²) < 4.78 is 29.1. The van der Waals surface area contributed by atoms with Crippen LogP contribution in [0.4, 0.5) is 5.69 Å². The van der Waals surface area contributed by atoms with Crippen LogP contribution in [0.25, 0.3) is 5.69 Å². The molecule has 0 unspecified atom stereocenters. The smallest absolute Gasteiger partial charge is 0.251 e. The molecule has 2 aliphatic rings. The normalized spacial score (nSPS) is 15.2. The zero-order chi connectivity index (χ0) is 31.6. The third-order valence-corrected chi connectivity index (χ3v) is 11.3. The fourth-order valence-electron chi connectivity index (χ4n) is 5.84. The van der Waals surface area contributed by atoms with Gasteiger partial charge in [-0.3, -0.25) is 14.2 Å². The fourth-order valence-corrected chi connectivity index (χ4v) is 8.20. The highest BCUT2D eigenvalue weighted by Gasteiger charge is 2.28. The number of aromatic nitrogens is 3. The number of thioether (sulfide) groups is 1. The number of benzene rings is 3. The van der Waals surface area contributed by atoms with E-state index in [1.165, 1.54) is 45.9 Å². The third-order valence-electron chi connectivity index (χ3n) is 8.48. The van der Waals surface area contributed by atoms with Gasteiger partial charge in [0.2, 0.25) is 15.9 Å². The van der Waals surface area contributed by atoms with Gasteiger partial charge in [0, 0.05) is 30.9 Å². The standard InChI is InChI=1S/C33H36N6O4S2/c1-23-9-7-13-28(24(23)2)39-30(21-34-32(41)26-14-16-27(17-15-26)45(42,43)37-18-5-6-19-37)35-36-33(39)44-22-31(40)38-20-8-11-25-10-3-4-12-29(25)38/h3-4,7,9-10,12-17H,5-6,8,11,18-22H2,1-2H3,(H,34,41). The van der Waals surface area contributed by atoms with E-state index in [1.54, 1.807) is 0 Å². The van der Waals surface area contributed by atoms with E-state index in [-0.39, 0.29) is 29.0 Å². The molecule has 1 fully saturated rings. The molecule has 1 aromatic heterocycles. The Balaban J connectivity index is 1.19. The summed E-state index contributed by atoms with van der Waals surface area (Å²) in [4.78, 5) is 28.5. The average Bonchev–Trinajstić information content (AvgIpc) is 3.75. The Hall–Kier alpha value is -4.00. The van der Waals surface area contributed by atoms with Crippen LogP contribution in [0.5, 0.6) is 0 Å². The summed E-state index contributed by atoms with van der Waals surface area (Å²) in [5, 5.41) is 12.3. The van der Waals surface area contributed by atoms with Crippen molar-refractivity contribution in [2.75, 3.05) is 30.3 Å². The van der Waals surface area contributed by atoms with E-state index < -0.39 is 10.0 Å². The molecule has 12 heteroatoms. The van der Waals surface area contributed by atoms with E-state index in [0.717, 1.165) is 48.2 Å². The van der Waals surface area contributed by atoms with Gasteiger partial charge in [-0.05, 0) is 92.6 Å². The number of fused-ring (bicyclic) bond motifs is 1. The molecule has 2 aliphatic heterocycles. The second kappa shape index (κ2) is 13.2. The molecule has 3 aromatic carbocycles. The lowest BCUT2D eigenvalue weighted by atomic mass is 10.0. The van der Waals surface area contributed by atoms with Gasteiger partial charge in [0.25, 0.3) is 5.91 Å². The maximum Gasteiger partial charge on any atom is 0.251 e. The molecule has 0 spiro atoms. The number of nitrogens with one attached hydrogen (secondary N) is 1. The van der Waals surface area contributed by atoms with Gasteiger partial charge in [0.1, 0.15) is 0 Å². The van der Waals surface area contributed by atoms with Crippen LogP contribution in [0.3, 0.4) is 0 Å². The molecule has 2 amide bonds. The lowest BCUT2D eigenvalue weighted by Crippen LogP contribution is -2.36. The first-order chi connectivity index (χ1) is 21.7. The summed E-state index contributed by atoms with van der Waals surface area (Å²) in [5.74, 6) is 0.358. The van der Waals surface area contributed by atoms with Crippen molar-refractivity contribution in [3.05, 3.63) is 94.8 Å². The molecule has 0 aliphatic carbocycles. The van der Waals surface area contributed by atoms with Crippen molar-refractivity contribution >= 4 is 39.3 Å². The van der Waals surface area contributed by atoms with Crippen molar-refractivity contribution in [1.29, 1.82) is 0 Å². The van der Waals surface area contributed by atoms with Crippen LogP contribution in [0.15, 0.2) is 76.8 Å². The van der Waals surface area contributed by atoms with Crippen molar-refractivity contribution in [1.82, 2.24) is 24.4 Å². The van der Waals surface area contributed by atoms with E-state index in [9.17, 15) is 18.0 Å². The summed E-state index contributed by atoms with van der Waals surface area (Å²) in [5.41, 5.74) is 5.50. The summed E-state index contributed by atoms with van der Waals surface area (Å²) in [6.45, 7) is 5.86. The molecular weight excluding hydrogens is 609 g/mol. The molecule has 6 rings (SSSR count). The number of para-hydroxylation sites is 1. The number of aryl methyl sites for hydroxylation is 2. The molecule has 1 N–H and O–H groups in total. The number of nitrogens with zero attached hydrogens (tertiary/aromatic N) is 5. The van der Waals surface area contributed by atoms with E-state index in [1.807, 2.05) is 59.7 Å². The first kappa shape index (κ1) is 31.0. The SMILES string of the molecule is Cc1cccc(-n2c(CNC(=O)c3ccc(S(=O)(=O)N4CCCC4)cc3)nnc2SCC(=O)N2CCCc3ccccc32)c1C. The Morgan fingerprint density at radius 3 is 2.38 bits per heavy atom. The number of amides is 2. The zero-order valence-corrected chi connectivity index (χ0v) is 27.0. The highest BCUT2D eigenvalue weighted by atomic mass is 32.2. The Kier molecular flexibility index (Phi) is 9.06. The summed E-state index contributed by atoms with van der Waals surface area (Å²) in [6, 6.07) is 20.0. The highest BCUT2D eigenvalue weighted by Crippen LogP contribution is 2.30. The van der Waals surface area contributed by atoms with Gasteiger partial charge < -0.3 is 10.2 Å². The largest absolute Gasteiger partial charge is 0.345 e. The number of rotatable bonds is 9. The van der Waals surface area contributed by atoms with Crippen molar-refractivity contribution in [3.8, 4) is 5.69 Å². The van der Waals surface area contributed by atoms with Crippen LogP contribution in [0.2, 0.25) is 0 Å². The molecule has 0 radical (unpaired) electrons. The summed E-state index contributed by atoms with van der Waals surface area (Å²) in [7, 11) is -3.56. The molecule has 10 nitrogen and oxygen atoms in total. The van der Waals surface area contributed by atoms with Gasteiger partial charge in [-0.1, -0.05) is 42.1 Å². The molecule has 4 aromatic rings. The quantitative estimate of drug-likeness (QED) is 0.263. The van der Waals surface area contributed by atoms with E-state index in [0.29, 0.717) is 36.2 Å². The van der Waals surface area contributed by atoms with Crippen LogP contribution in [0, 0.1) is 13.8 Å². The molecule has 0 bridgehead atoms. The zero-order valence-electron chi connectivity index (χ0n) is 25.4. The van der Waals surface area contributed by atoms with E-state index >= 15 is 0 Å². The minimum atomic E-state index is -3.56. The predicted molar refractivity (Wildman–Crippen MR) is 174 cm³/mol. The van der Waals surface area contributed by atoms with Gasteiger partial charge in [-0.25, -0.2) is 8.42 Å². The van der Waals surface area contributed by atoms with Gasteiger partial charge in [0.05, 0.1) is 22.9 Å². The maximum absolute atomic E-state index is 13.4. The lowest BCUT2D eigenvalue weighted by molar-refractivity contribution is -0.116. The van der Waals surface area contributed by atoms with Crippen molar-refractivity contribution in [2.24, 2.45) is 0 Å². The molecule has 1 saturated heterocycles. The van der Waals surface area contributed by atoms with Crippen LogP contribution < -0.4 is 10.2 Å². The maximum atomic E-state index is 13.4. The molecular formula is C33H36N6O4S2. The molecule has 234 valence electrons. The van der Waals surface area contributed by atoms with Gasteiger partial charge in [-0.2, -0.15) is 4.31 Å². The predicted octanol–water partition coefficient (Wildman–Crippen LogP) is 4.67. The van der Waals surface area contributed by atoms with Crippen LogP contribution in [-0.2, 0) is 27.8 Å². The molecule has 0 saturated carbocycles. The molecule has 45 heavy (non-hydrogen) atoms. The summed E-state index contributed by atoms with van der Waals surface area (Å²) >= 11 is 1.32. The molecule has 0 atom stereocenters. The highest BCUT2D eigenvalue weighted by molar-refractivity contribution is 7.99. The summed E-state index contributed by atoms with van der Waals surface area (Å²) in [6.07, 6.45) is 3.60. The minimum absolute atomic E-state index is 0.00714. The number of hydrogen-bond acceptors (Lipinski definition) is 7. The second-order valence-electron chi connectivity index (χ2n) is 11.3. The number of carbonyl (C=O) groups excluding carboxylic acids is 2. The fraction of sp³-hybridized carbons (Fsp3) is 0.333. The average molecular weight is 645 g/mol. The first-order valence-electron chi connectivity index (χ1n) is 15.1. The van der Waals surface area contributed by atoms with Crippen molar-refractivity contribution in [3.63, 3.8) is 0 Å². The van der Waals surface area contributed by atoms with Crippen LogP contribution >= 0.6 is 11.8 Å². The topological polar surface area (TPSA) is 117 Å². The number of carbonyl (C=O) groups is 2. The van der Waals surface area contributed by atoms with Crippen LogP contribution in [0.1, 0.15) is 52.1 Å². The van der Waals surface area contributed by atoms with E-state index in [4.69, 9.17) is 0 Å². The number of sulfonamides is 1. The minimum Gasteiger partial charge on any atom is -0.345 e. The van der Waals surface area contributed by atoms with Gasteiger partial charge >= 0.3 is 0 Å². The third kappa shape index (κ3) is 6.40. The Morgan fingerprint density at radius 1 is 0.867 bits per heavy atom. The lowest BCUT2D eigenvalue weighted by Gasteiger charge is -2.29. The monoisotopic (exact) mass is 644 g/mol. The number of anilines is 1. The Labute approximate surface area is 267 Å². The second-order valence-corrected chi connectivity index (χ2v) is 14.2. The van der Waals surface area contributed by atoms with Crippen molar-refractivity contribution < 1.29 is 18.0 Å². The van der Waals surface area contributed by atoms with Gasteiger partial charge in [-0.15, -0.1) is 10.2 Å². The first-order valence-corrected chi connectivity index (χ1v) is 17.6. The van der Waals surface area contributed by atoms with Crippen molar-refractivity contribution in [2.45, 2.75) is 56.1 Å². The van der Waals surface area contributed by atoms with E-state index in [2.05, 4.69) is 21.6 Å². The number of hydrogen-bond donors (Lipinski definition) is 1. The van der Waals surface area contributed by atoms with Gasteiger partial charge in [0.15, 0.2) is 11.0 Å². The molecule has 3 heterocycles. The Bertz CT molecular complexity index is 1830.